The van der Waals surface area contributed by atoms with Crippen molar-refractivity contribution in [3.8, 4) is 0 Å². The van der Waals surface area contributed by atoms with Gasteiger partial charge in [0, 0.05) is 19.8 Å². The molecule has 0 aromatic heterocycles. The van der Waals surface area contributed by atoms with Gasteiger partial charge in [-0.2, -0.15) is 0 Å². The fourth-order valence-corrected chi connectivity index (χ4v) is 6.01. The third-order valence-corrected chi connectivity index (χ3v) is 9.39. The zero-order valence-electron chi connectivity index (χ0n) is 31.6. The van der Waals surface area contributed by atoms with E-state index in [1.807, 2.05) is 0 Å². The molecule has 0 saturated carbocycles. The van der Waals surface area contributed by atoms with Gasteiger partial charge in [-0.05, 0) is 26.9 Å². The normalized spacial score (nSPS) is 11.5. The van der Waals surface area contributed by atoms with Crippen molar-refractivity contribution in [2.45, 2.75) is 232 Å². The number of nitrogens with zero attached hydrogens (tertiary/aromatic N) is 1. The first-order chi connectivity index (χ1) is 21.9. The first-order valence-corrected chi connectivity index (χ1v) is 20.0. The first-order valence-electron chi connectivity index (χ1n) is 20.0. The van der Waals surface area contributed by atoms with E-state index in [4.69, 9.17) is 9.47 Å². The molecule has 5 nitrogen and oxygen atoms in total. The van der Waals surface area contributed by atoms with Gasteiger partial charge in [0.25, 0.3) is 0 Å². The molecule has 0 spiro atoms. The van der Waals surface area contributed by atoms with Gasteiger partial charge in [0.05, 0.1) is 0 Å². The van der Waals surface area contributed by atoms with Crippen molar-refractivity contribution in [3.63, 3.8) is 0 Å². The molecular weight excluding hydrogens is 594 g/mol. The number of carbonyl (C=O) groups is 2. The summed E-state index contributed by atoms with van der Waals surface area (Å²) in [5, 5.41) is 0. The maximum atomic E-state index is 12.5. The Morgan fingerprint density at radius 3 is 0.804 bits per heavy atom. The predicted molar refractivity (Wildman–Crippen MR) is 201 cm³/mol. The zero-order valence-corrected chi connectivity index (χ0v) is 32.4. The van der Waals surface area contributed by atoms with Crippen molar-refractivity contribution >= 4 is 24.3 Å². The molecule has 0 aromatic rings. The van der Waals surface area contributed by atoms with Crippen LogP contribution < -0.4 is 0 Å². The minimum atomic E-state index is -1.35. The number of hydrogen-bond donors (Lipinski definition) is 0. The van der Waals surface area contributed by atoms with E-state index in [0.29, 0.717) is 12.8 Å². The van der Waals surface area contributed by atoms with E-state index in [1.165, 1.54) is 167 Å². The smallest absolute Gasteiger partial charge is 0.317 e. The second-order valence-electron chi connectivity index (χ2n) is 14.1. The summed E-state index contributed by atoms with van der Waals surface area (Å²) < 4.78 is 11.3. The highest BCUT2D eigenvalue weighted by atomic mass is 35.5. The maximum Gasteiger partial charge on any atom is 0.317 e. The minimum Gasteiger partial charge on any atom is -0.409 e. The number of ether oxygens (including phenoxy) is 2. The highest BCUT2D eigenvalue weighted by Crippen LogP contribution is 2.20. The van der Waals surface area contributed by atoms with Crippen LogP contribution in [-0.4, -0.2) is 36.8 Å². The lowest BCUT2D eigenvalue weighted by molar-refractivity contribution is -0.269. The summed E-state index contributed by atoms with van der Waals surface area (Å²) in [5.41, 5.74) is 0. The van der Waals surface area contributed by atoms with Crippen LogP contribution in [0.2, 0.25) is 0 Å². The average Bonchev–Trinajstić information content (AvgIpc) is 3.00. The fourth-order valence-electron chi connectivity index (χ4n) is 6.01. The van der Waals surface area contributed by atoms with E-state index in [2.05, 4.69) is 13.8 Å². The average molecular weight is 675 g/mol. The molecule has 0 fully saturated rings. The highest BCUT2D eigenvalue weighted by Gasteiger charge is 2.35. The van der Waals surface area contributed by atoms with Crippen LogP contribution in [0.3, 0.4) is 0 Å². The predicted octanol–water partition coefficient (Wildman–Crippen LogP) is 13.3. The number of hydrogen-bond acceptors (Lipinski definition) is 5. The quantitative estimate of drug-likeness (QED) is 0.0380. The van der Waals surface area contributed by atoms with Crippen molar-refractivity contribution in [1.82, 2.24) is 4.90 Å². The lowest BCUT2D eigenvalue weighted by atomic mass is 10.0. The Hall–Kier alpha value is -0.810. The fraction of sp³-hybridized carbons (Fsp3) is 0.950. The third kappa shape index (κ3) is 31.8. The molecule has 0 bridgehead atoms. The van der Waals surface area contributed by atoms with Gasteiger partial charge in [-0.1, -0.05) is 194 Å². The second kappa shape index (κ2) is 35.5. The van der Waals surface area contributed by atoms with E-state index in [-0.39, 0.29) is 24.3 Å². The molecule has 0 atom stereocenters. The molecule has 0 amide bonds. The molecule has 6 heteroatoms. The van der Waals surface area contributed by atoms with Crippen LogP contribution in [0.4, 0.5) is 0 Å². The van der Waals surface area contributed by atoms with Gasteiger partial charge in [-0.3, -0.25) is 9.59 Å². The van der Waals surface area contributed by atoms with Gasteiger partial charge in [0.2, 0.25) is 0 Å². The monoisotopic (exact) mass is 674 g/mol. The van der Waals surface area contributed by atoms with Gasteiger partial charge in [-0.15, -0.1) is 12.4 Å². The second-order valence-corrected chi connectivity index (χ2v) is 14.1. The number of halogens is 1. The molecule has 0 aliphatic carbocycles. The van der Waals surface area contributed by atoms with Gasteiger partial charge < -0.3 is 9.47 Å². The van der Waals surface area contributed by atoms with Crippen molar-refractivity contribution in [2.75, 3.05) is 14.1 Å². The SMILES string of the molecule is CCCCCCCCCCCCCCCCCC(=O)OC(C)(OC(=O)CCCCCCCCCCCCCCCCC)N(C)C.Cl. The van der Waals surface area contributed by atoms with Crippen molar-refractivity contribution in [3.05, 3.63) is 0 Å². The summed E-state index contributed by atoms with van der Waals surface area (Å²) >= 11 is 0. The molecule has 0 aliphatic heterocycles. The van der Waals surface area contributed by atoms with Crippen LogP contribution in [0.1, 0.15) is 226 Å². The summed E-state index contributed by atoms with van der Waals surface area (Å²) in [6, 6.07) is 0. The van der Waals surface area contributed by atoms with Gasteiger partial charge in [0.15, 0.2) is 0 Å². The Morgan fingerprint density at radius 2 is 0.609 bits per heavy atom. The zero-order chi connectivity index (χ0) is 33.3. The molecule has 0 unspecified atom stereocenters. The molecule has 46 heavy (non-hydrogen) atoms. The summed E-state index contributed by atoms with van der Waals surface area (Å²) in [4.78, 5) is 26.8. The van der Waals surface area contributed by atoms with Crippen molar-refractivity contribution in [2.24, 2.45) is 0 Å². The van der Waals surface area contributed by atoms with E-state index in [9.17, 15) is 9.59 Å². The third-order valence-electron chi connectivity index (χ3n) is 9.39. The Labute approximate surface area is 293 Å². The van der Waals surface area contributed by atoms with E-state index in [0.717, 1.165) is 25.7 Å². The molecule has 0 heterocycles. The lowest BCUT2D eigenvalue weighted by Crippen LogP contribution is -2.49. The van der Waals surface area contributed by atoms with Gasteiger partial charge in [0.1, 0.15) is 0 Å². The standard InChI is InChI=1S/C40H79NO4.ClH/c1-6-8-10-12-14-16-18-20-22-24-26-28-30-32-34-36-38(42)44-40(3,41(4)5)45-39(43)37-35-33-31-29-27-25-23-21-19-17-15-13-11-9-7-2;/h6-37H2,1-5H3;1H. The summed E-state index contributed by atoms with van der Waals surface area (Å²) in [5.74, 6) is -1.93. The molecule has 276 valence electrons. The Kier molecular flexibility index (Phi) is 36.5. The van der Waals surface area contributed by atoms with Gasteiger partial charge in [-0.25, -0.2) is 4.90 Å². The van der Waals surface area contributed by atoms with Gasteiger partial charge >= 0.3 is 17.8 Å². The van der Waals surface area contributed by atoms with Crippen LogP contribution in [-0.2, 0) is 19.1 Å². The molecule has 0 radical (unpaired) electrons. The molecule has 0 N–H and O–H groups in total. The first kappa shape index (κ1) is 47.3. The molecule has 0 aromatic carbocycles. The molecule has 0 rings (SSSR count). The molecular formula is C40H80ClNO4. The minimum absolute atomic E-state index is 0. The largest absolute Gasteiger partial charge is 0.409 e. The molecule has 0 saturated heterocycles. The van der Waals surface area contributed by atoms with Crippen LogP contribution >= 0.6 is 12.4 Å². The van der Waals surface area contributed by atoms with Crippen LogP contribution in [0, 0.1) is 0 Å². The van der Waals surface area contributed by atoms with Crippen molar-refractivity contribution in [1.29, 1.82) is 0 Å². The Balaban J connectivity index is 0. The Morgan fingerprint density at radius 1 is 0.413 bits per heavy atom. The summed E-state index contributed by atoms with van der Waals surface area (Å²) in [6.45, 7) is 6.22. The van der Waals surface area contributed by atoms with E-state index in [1.54, 1.807) is 25.9 Å². The van der Waals surface area contributed by atoms with Crippen LogP contribution in [0.25, 0.3) is 0 Å². The molecule has 0 aliphatic rings. The number of carbonyl (C=O) groups excluding carboxylic acids is 2. The van der Waals surface area contributed by atoms with E-state index < -0.39 is 5.91 Å². The van der Waals surface area contributed by atoms with Crippen LogP contribution in [0.5, 0.6) is 0 Å². The topological polar surface area (TPSA) is 55.8 Å². The summed E-state index contributed by atoms with van der Waals surface area (Å²) in [6.07, 6.45) is 39.7. The number of unbranched alkanes of at least 4 members (excludes halogenated alkanes) is 28. The summed E-state index contributed by atoms with van der Waals surface area (Å²) in [7, 11) is 3.56. The number of rotatable bonds is 35. The lowest BCUT2D eigenvalue weighted by Gasteiger charge is -2.34. The maximum absolute atomic E-state index is 12.5. The number of esters is 2. The van der Waals surface area contributed by atoms with Crippen LogP contribution in [0.15, 0.2) is 0 Å². The Bertz CT molecular complexity index is 609. The van der Waals surface area contributed by atoms with E-state index >= 15 is 0 Å². The van der Waals surface area contributed by atoms with Crippen molar-refractivity contribution < 1.29 is 19.1 Å². The highest BCUT2D eigenvalue weighted by molar-refractivity contribution is 5.85.